The van der Waals surface area contributed by atoms with Gasteiger partial charge in [0.2, 0.25) is 0 Å². The molecule has 0 saturated carbocycles. The molecule has 0 aliphatic heterocycles. The maximum atomic E-state index is 12.7. The Morgan fingerprint density at radius 1 is 1.17 bits per heavy atom. The summed E-state index contributed by atoms with van der Waals surface area (Å²) in [5.74, 6) is -0.434. The van der Waals surface area contributed by atoms with Crippen molar-refractivity contribution in [1.29, 1.82) is 0 Å². The average Bonchev–Trinajstić information content (AvgIpc) is 2.61. The Morgan fingerprint density at radius 2 is 1.83 bits per heavy atom. The number of aliphatic hydroxyl groups is 1. The van der Waals surface area contributed by atoms with Gasteiger partial charge in [-0.25, -0.2) is 8.42 Å². The van der Waals surface area contributed by atoms with Gasteiger partial charge in [0.25, 0.3) is 15.9 Å². The molecule has 0 aliphatic rings. The molecule has 1 amide bonds. The van der Waals surface area contributed by atoms with Crippen LogP contribution in [0.5, 0.6) is 0 Å². The highest BCUT2D eigenvalue weighted by Gasteiger charge is 2.22. The first-order valence-corrected chi connectivity index (χ1v) is 8.86. The number of aliphatic hydroxyl groups excluding tert-OH is 1. The van der Waals surface area contributed by atoms with E-state index in [0.717, 1.165) is 0 Å². The summed E-state index contributed by atoms with van der Waals surface area (Å²) in [4.78, 5) is 12.1. The SMILES string of the molecule is CC(CO)NC(=O)c1cccc(S(=O)(=O)N(C)c2ccccc2)c1. The molecule has 0 fully saturated rings. The van der Waals surface area contributed by atoms with Crippen molar-refractivity contribution < 1.29 is 18.3 Å². The number of benzene rings is 2. The van der Waals surface area contributed by atoms with E-state index in [1.807, 2.05) is 0 Å². The standard InChI is InChI=1S/C17H20N2O4S/c1-13(12-20)18-17(21)14-7-6-10-16(11-14)24(22,23)19(2)15-8-4-3-5-9-15/h3-11,13,20H,12H2,1-2H3,(H,18,21). The zero-order chi connectivity index (χ0) is 17.7. The van der Waals surface area contributed by atoms with Gasteiger partial charge in [0, 0.05) is 18.7 Å². The van der Waals surface area contributed by atoms with Crippen molar-refractivity contribution in [2.75, 3.05) is 18.0 Å². The van der Waals surface area contributed by atoms with E-state index in [0.29, 0.717) is 5.69 Å². The Balaban J connectivity index is 2.32. The maximum Gasteiger partial charge on any atom is 0.264 e. The lowest BCUT2D eigenvalue weighted by molar-refractivity contribution is 0.0922. The Morgan fingerprint density at radius 3 is 2.46 bits per heavy atom. The van der Waals surface area contributed by atoms with Crippen molar-refractivity contribution in [2.45, 2.75) is 17.9 Å². The summed E-state index contributed by atoms with van der Waals surface area (Å²) in [6, 6.07) is 14.1. The van der Waals surface area contributed by atoms with E-state index in [1.165, 1.54) is 35.6 Å². The molecule has 2 aromatic rings. The molecule has 0 radical (unpaired) electrons. The lowest BCUT2D eigenvalue weighted by Crippen LogP contribution is -2.35. The highest BCUT2D eigenvalue weighted by Crippen LogP contribution is 2.22. The smallest absolute Gasteiger partial charge is 0.264 e. The van der Waals surface area contributed by atoms with Gasteiger partial charge in [-0.2, -0.15) is 0 Å². The molecule has 2 aromatic carbocycles. The molecule has 1 unspecified atom stereocenters. The third-order valence-corrected chi connectivity index (χ3v) is 5.31. The Labute approximate surface area is 141 Å². The van der Waals surface area contributed by atoms with Gasteiger partial charge in [-0.1, -0.05) is 24.3 Å². The van der Waals surface area contributed by atoms with Crippen molar-refractivity contribution in [3.05, 3.63) is 60.2 Å². The minimum Gasteiger partial charge on any atom is -0.394 e. The number of anilines is 1. The highest BCUT2D eigenvalue weighted by atomic mass is 32.2. The van der Waals surface area contributed by atoms with E-state index in [4.69, 9.17) is 5.11 Å². The third kappa shape index (κ3) is 3.93. The molecule has 2 N–H and O–H groups in total. The molecule has 128 valence electrons. The van der Waals surface area contributed by atoms with Crippen molar-refractivity contribution >= 4 is 21.6 Å². The van der Waals surface area contributed by atoms with Crippen molar-refractivity contribution in [3.63, 3.8) is 0 Å². The van der Waals surface area contributed by atoms with Crippen LogP contribution in [-0.2, 0) is 10.0 Å². The molecule has 0 bridgehead atoms. The van der Waals surface area contributed by atoms with E-state index in [1.54, 1.807) is 37.3 Å². The van der Waals surface area contributed by atoms with Gasteiger partial charge in [-0.15, -0.1) is 0 Å². The fourth-order valence-corrected chi connectivity index (χ4v) is 3.33. The second-order valence-corrected chi connectivity index (χ2v) is 7.36. The van der Waals surface area contributed by atoms with E-state index in [2.05, 4.69) is 5.32 Å². The van der Waals surface area contributed by atoms with Crippen LogP contribution in [0.2, 0.25) is 0 Å². The number of para-hydroxylation sites is 1. The predicted octanol–water partition coefficient (Wildman–Crippen LogP) is 1.62. The topological polar surface area (TPSA) is 86.7 Å². The molecule has 6 nitrogen and oxygen atoms in total. The zero-order valence-electron chi connectivity index (χ0n) is 13.5. The van der Waals surface area contributed by atoms with Crippen LogP contribution in [-0.4, -0.2) is 39.1 Å². The molecule has 2 rings (SSSR count). The molecule has 0 aliphatic carbocycles. The first kappa shape index (κ1) is 18.0. The van der Waals surface area contributed by atoms with E-state index in [-0.39, 0.29) is 17.1 Å². The molecular formula is C17H20N2O4S. The normalized spacial score (nSPS) is 12.5. The molecule has 7 heteroatoms. The van der Waals surface area contributed by atoms with Crippen LogP contribution in [0.3, 0.4) is 0 Å². The van der Waals surface area contributed by atoms with Crippen LogP contribution in [0, 0.1) is 0 Å². The minimum absolute atomic E-state index is 0.0261. The van der Waals surface area contributed by atoms with Crippen LogP contribution in [0.15, 0.2) is 59.5 Å². The van der Waals surface area contributed by atoms with Crippen molar-refractivity contribution in [3.8, 4) is 0 Å². The fourth-order valence-electron chi connectivity index (χ4n) is 2.09. The summed E-state index contributed by atoms with van der Waals surface area (Å²) < 4.78 is 26.6. The monoisotopic (exact) mass is 348 g/mol. The van der Waals surface area contributed by atoms with Gasteiger partial charge in [0.1, 0.15) is 0 Å². The Kier molecular flexibility index (Phi) is 5.58. The molecular weight excluding hydrogens is 328 g/mol. The number of nitrogens with zero attached hydrogens (tertiary/aromatic N) is 1. The Hall–Kier alpha value is -2.38. The number of sulfonamides is 1. The average molecular weight is 348 g/mol. The lowest BCUT2D eigenvalue weighted by Gasteiger charge is -2.20. The number of hydrogen-bond donors (Lipinski definition) is 2. The summed E-state index contributed by atoms with van der Waals surface area (Å²) in [5.41, 5.74) is 0.749. The van der Waals surface area contributed by atoms with Crippen LogP contribution in [0.25, 0.3) is 0 Å². The molecule has 0 spiro atoms. The summed E-state index contributed by atoms with van der Waals surface area (Å²) in [6.45, 7) is 1.46. The largest absolute Gasteiger partial charge is 0.394 e. The number of amides is 1. The molecule has 24 heavy (non-hydrogen) atoms. The number of nitrogens with one attached hydrogen (secondary N) is 1. The maximum absolute atomic E-state index is 12.7. The third-order valence-electron chi connectivity index (χ3n) is 3.53. The van der Waals surface area contributed by atoms with E-state index in [9.17, 15) is 13.2 Å². The van der Waals surface area contributed by atoms with Gasteiger partial charge in [0.15, 0.2) is 0 Å². The molecule has 0 aromatic heterocycles. The quantitative estimate of drug-likeness (QED) is 0.830. The number of carbonyl (C=O) groups excluding carboxylic acids is 1. The van der Waals surface area contributed by atoms with E-state index >= 15 is 0 Å². The van der Waals surface area contributed by atoms with Crippen molar-refractivity contribution in [1.82, 2.24) is 5.32 Å². The Bertz CT molecular complexity index is 806. The molecule has 0 heterocycles. The first-order valence-electron chi connectivity index (χ1n) is 7.42. The minimum atomic E-state index is -3.78. The lowest BCUT2D eigenvalue weighted by atomic mass is 10.2. The van der Waals surface area contributed by atoms with Gasteiger partial charge >= 0.3 is 0 Å². The van der Waals surface area contributed by atoms with Gasteiger partial charge in [-0.3, -0.25) is 9.10 Å². The first-order chi connectivity index (χ1) is 11.4. The highest BCUT2D eigenvalue weighted by molar-refractivity contribution is 7.92. The molecule has 0 saturated heterocycles. The van der Waals surface area contributed by atoms with Crippen LogP contribution in [0.4, 0.5) is 5.69 Å². The van der Waals surface area contributed by atoms with Gasteiger partial charge in [-0.05, 0) is 37.3 Å². The van der Waals surface area contributed by atoms with Crippen LogP contribution in [0.1, 0.15) is 17.3 Å². The number of carbonyl (C=O) groups is 1. The fraction of sp³-hybridized carbons (Fsp3) is 0.235. The van der Waals surface area contributed by atoms with Gasteiger partial charge in [0.05, 0.1) is 17.2 Å². The van der Waals surface area contributed by atoms with Crippen LogP contribution < -0.4 is 9.62 Å². The summed E-state index contributed by atoms with van der Waals surface area (Å²) in [5, 5.41) is 11.6. The van der Waals surface area contributed by atoms with Crippen LogP contribution >= 0.6 is 0 Å². The number of rotatable bonds is 6. The predicted molar refractivity (Wildman–Crippen MR) is 92.5 cm³/mol. The second kappa shape index (κ2) is 7.46. The summed E-state index contributed by atoms with van der Waals surface area (Å²) in [7, 11) is -2.31. The summed E-state index contributed by atoms with van der Waals surface area (Å²) in [6.07, 6.45) is 0. The molecule has 1 atom stereocenters. The number of hydrogen-bond acceptors (Lipinski definition) is 4. The van der Waals surface area contributed by atoms with E-state index < -0.39 is 22.0 Å². The van der Waals surface area contributed by atoms with Gasteiger partial charge < -0.3 is 10.4 Å². The zero-order valence-corrected chi connectivity index (χ0v) is 14.3. The summed E-state index contributed by atoms with van der Waals surface area (Å²) >= 11 is 0. The van der Waals surface area contributed by atoms with Crippen molar-refractivity contribution in [2.24, 2.45) is 0 Å². The second-order valence-electron chi connectivity index (χ2n) is 5.39.